The van der Waals surface area contributed by atoms with E-state index in [-0.39, 0.29) is 41.1 Å². The minimum atomic E-state index is -4.45. The average molecular weight is 744 g/mol. The number of rotatable bonds is 14. The molecule has 290 valence electrons. The number of carboxylic acids is 1. The van der Waals surface area contributed by atoms with Crippen LogP contribution in [-0.2, 0) is 15.8 Å². The lowest BCUT2D eigenvalue weighted by molar-refractivity contribution is -0.138. The van der Waals surface area contributed by atoms with Crippen LogP contribution in [0.25, 0.3) is 5.57 Å². The number of ketones is 1. The summed E-state index contributed by atoms with van der Waals surface area (Å²) in [4.78, 5) is 42.1. The van der Waals surface area contributed by atoms with Crippen molar-refractivity contribution < 1.29 is 41.8 Å². The Hall–Kier alpha value is -4.58. The maximum Gasteiger partial charge on any atom is 0.416 e. The van der Waals surface area contributed by atoms with Crippen LogP contribution in [-0.4, -0.2) is 67.7 Å². The SMILES string of the molecule is CC(=O)c1ccc(C(F)(F)F)cc1OCCN(C)C.CC/C=C1\C(=NC)C=CC(C)=C1c1cc(C)c(F)c([C@H](CC(=O)O)NC(=O)[C@@H](C)CC(C)C)c1. The van der Waals surface area contributed by atoms with E-state index < -0.39 is 36.0 Å². The predicted octanol–water partition coefficient (Wildman–Crippen LogP) is 9.05. The van der Waals surface area contributed by atoms with Crippen molar-refractivity contribution in [3.05, 3.63) is 93.3 Å². The zero-order valence-electron chi connectivity index (χ0n) is 32.4. The third-order valence-electron chi connectivity index (χ3n) is 8.48. The van der Waals surface area contributed by atoms with Crippen LogP contribution in [0.15, 0.2) is 64.7 Å². The van der Waals surface area contributed by atoms with Gasteiger partial charge in [0.15, 0.2) is 5.78 Å². The quantitative estimate of drug-likeness (QED) is 0.148. The number of ether oxygens (including phenoxy) is 1. The van der Waals surface area contributed by atoms with Gasteiger partial charge in [-0.3, -0.25) is 19.4 Å². The van der Waals surface area contributed by atoms with E-state index in [1.807, 2.05) is 58.8 Å². The lowest BCUT2D eigenvalue weighted by Crippen LogP contribution is -2.35. The van der Waals surface area contributed by atoms with Gasteiger partial charge in [-0.2, -0.15) is 13.2 Å². The number of aliphatic carboxylic acids is 1. The number of carbonyl (C=O) groups excluding carboxylic acids is 2. The molecule has 0 aromatic heterocycles. The van der Waals surface area contributed by atoms with Gasteiger partial charge in [-0.25, -0.2) is 4.39 Å². The van der Waals surface area contributed by atoms with Gasteiger partial charge in [0, 0.05) is 30.6 Å². The van der Waals surface area contributed by atoms with Gasteiger partial charge in [0.1, 0.15) is 18.2 Å². The number of carboxylic acid groups (broad SMARTS) is 1. The van der Waals surface area contributed by atoms with E-state index in [1.54, 1.807) is 33.0 Å². The number of hydrogen-bond donors (Lipinski definition) is 2. The van der Waals surface area contributed by atoms with Crippen molar-refractivity contribution in [2.45, 2.75) is 79.9 Å². The van der Waals surface area contributed by atoms with E-state index in [9.17, 15) is 32.7 Å². The molecule has 0 bridgehead atoms. The molecule has 2 N–H and O–H groups in total. The topological polar surface area (TPSA) is 108 Å². The van der Waals surface area contributed by atoms with Crippen molar-refractivity contribution in [2.75, 3.05) is 34.3 Å². The smallest absolute Gasteiger partial charge is 0.416 e. The van der Waals surface area contributed by atoms with Crippen LogP contribution < -0.4 is 10.1 Å². The average Bonchev–Trinajstić information content (AvgIpc) is 3.05. The molecule has 2 aromatic carbocycles. The summed E-state index contributed by atoms with van der Waals surface area (Å²) >= 11 is 0. The predicted molar refractivity (Wildman–Crippen MR) is 202 cm³/mol. The number of nitrogens with one attached hydrogen (secondary N) is 1. The summed E-state index contributed by atoms with van der Waals surface area (Å²) in [6.45, 7) is 13.6. The van der Waals surface area contributed by atoms with Crippen molar-refractivity contribution in [1.82, 2.24) is 10.2 Å². The summed E-state index contributed by atoms with van der Waals surface area (Å²) in [5.41, 5.74) is 4.43. The second kappa shape index (κ2) is 20.0. The van der Waals surface area contributed by atoms with Crippen molar-refractivity contribution in [1.29, 1.82) is 0 Å². The number of halogens is 4. The molecule has 2 atom stereocenters. The third kappa shape index (κ3) is 13.1. The lowest BCUT2D eigenvalue weighted by Gasteiger charge is -2.25. The highest BCUT2D eigenvalue weighted by Crippen LogP contribution is 2.36. The van der Waals surface area contributed by atoms with Gasteiger partial charge in [-0.05, 0) is 112 Å². The first-order valence-corrected chi connectivity index (χ1v) is 17.6. The van der Waals surface area contributed by atoms with Crippen LogP contribution >= 0.6 is 0 Å². The molecule has 0 unspecified atom stereocenters. The molecule has 1 aliphatic carbocycles. The number of carbonyl (C=O) groups is 3. The van der Waals surface area contributed by atoms with Gasteiger partial charge in [-0.15, -0.1) is 0 Å². The van der Waals surface area contributed by atoms with Crippen LogP contribution in [0.4, 0.5) is 17.6 Å². The number of Topliss-reactive ketones (excluding diaryl/α,β-unsaturated/α-hetero) is 1. The van der Waals surface area contributed by atoms with Crippen molar-refractivity contribution in [3.8, 4) is 5.75 Å². The Labute approximate surface area is 310 Å². The molecule has 1 amide bonds. The fourth-order valence-electron chi connectivity index (χ4n) is 5.89. The van der Waals surface area contributed by atoms with Gasteiger partial charge in [-0.1, -0.05) is 39.8 Å². The standard InChI is InChI=1S/C28H37FN2O3.C13H16F3NO2/c1-8-9-21-23(30-7)11-10-17(4)26(21)20-13-18(5)27(29)22(14-20)24(15-25(32)33)31-28(34)19(6)12-16(2)3;1-9(18)11-5-4-10(13(14,15)16)8-12(11)19-7-6-17(2)3/h9-11,13-14,16,19,24H,8,12,15H2,1-7H3,(H,31,34)(H,32,33);4-5,8H,6-7H2,1-3H3/b21-9+,30-23?;/t19-,24-;/m0./s1. The van der Waals surface area contributed by atoms with Gasteiger partial charge in [0.05, 0.1) is 29.3 Å². The molecule has 0 heterocycles. The highest BCUT2D eigenvalue weighted by molar-refractivity contribution is 6.21. The Bertz CT molecular complexity index is 1760. The maximum atomic E-state index is 15.4. The van der Waals surface area contributed by atoms with E-state index in [0.717, 1.165) is 52.6 Å². The number of allylic oxidation sites excluding steroid dienone is 6. The lowest BCUT2D eigenvalue weighted by atomic mass is 9.84. The Morgan fingerprint density at radius 1 is 1.06 bits per heavy atom. The highest BCUT2D eigenvalue weighted by Gasteiger charge is 2.32. The van der Waals surface area contributed by atoms with Crippen LogP contribution in [0.5, 0.6) is 5.75 Å². The monoisotopic (exact) mass is 743 g/mol. The third-order valence-corrected chi connectivity index (χ3v) is 8.48. The van der Waals surface area contributed by atoms with E-state index in [2.05, 4.69) is 16.4 Å². The van der Waals surface area contributed by atoms with Gasteiger partial charge in [0.25, 0.3) is 0 Å². The van der Waals surface area contributed by atoms with Gasteiger partial charge in [0.2, 0.25) is 5.91 Å². The molecule has 0 saturated carbocycles. The number of benzene rings is 2. The van der Waals surface area contributed by atoms with Crippen molar-refractivity contribution in [3.63, 3.8) is 0 Å². The molecule has 53 heavy (non-hydrogen) atoms. The summed E-state index contributed by atoms with van der Waals surface area (Å²) in [5.74, 6) is -2.22. The first kappa shape index (κ1) is 44.6. The fourth-order valence-corrected chi connectivity index (χ4v) is 5.89. The highest BCUT2D eigenvalue weighted by atomic mass is 19.4. The Kier molecular flexibility index (Phi) is 16.8. The molecule has 2 aromatic rings. The summed E-state index contributed by atoms with van der Waals surface area (Å²) in [6.07, 6.45) is 2.64. The Morgan fingerprint density at radius 3 is 2.25 bits per heavy atom. The summed E-state index contributed by atoms with van der Waals surface area (Å²) < 4.78 is 58.5. The van der Waals surface area contributed by atoms with Crippen LogP contribution in [0, 0.1) is 24.6 Å². The first-order chi connectivity index (χ1) is 24.7. The van der Waals surface area contributed by atoms with Crippen molar-refractivity contribution >= 4 is 28.9 Å². The molecule has 12 heteroatoms. The molecule has 3 rings (SSSR count). The molecule has 0 spiro atoms. The molecule has 0 radical (unpaired) electrons. The number of aliphatic imine (C=N–C) groups is 1. The first-order valence-electron chi connectivity index (χ1n) is 17.6. The molecule has 0 saturated heterocycles. The second-order valence-corrected chi connectivity index (χ2v) is 13.8. The molecule has 8 nitrogen and oxygen atoms in total. The van der Waals surface area contributed by atoms with Gasteiger partial charge < -0.3 is 20.1 Å². The number of nitrogens with zero attached hydrogens (tertiary/aromatic N) is 2. The maximum absolute atomic E-state index is 15.4. The van der Waals surface area contributed by atoms with Crippen LogP contribution in [0.1, 0.15) is 99.5 Å². The molecule has 0 aliphatic heterocycles. The number of aryl methyl sites for hydroxylation is 1. The second-order valence-electron chi connectivity index (χ2n) is 13.8. The fraction of sp³-hybridized carbons (Fsp3) is 0.463. The molecule has 1 aliphatic rings. The molecular weight excluding hydrogens is 690 g/mol. The zero-order valence-corrected chi connectivity index (χ0v) is 32.4. The molecular formula is C41H53F4N3O5. The summed E-state index contributed by atoms with van der Waals surface area (Å²) in [6, 6.07) is 5.38. The normalized spacial score (nSPS) is 15.8. The Morgan fingerprint density at radius 2 is 1.72 bits per heavy atom. The van der Waals surface area contributed by atoms with E-state index in [1.165, 1.54) is 6.92 Å². The van der Waals surface area contributed by atoms with Crippen LogP contribution in [0.3, 0.4) is 0 Å². The van der Waals surface area contributed by atoms with E-state index in [4.69, 9.17) is 4.74 Å². The molecule has 0 fully saturated rings. The van der Waals surface area contributed by atoms with E-state index in [0.29, 0.717) is 24.4 Å². The zero-order chi connectivity index (χ0) is 40.2. The number of alkyl halides is 3. The summed E-state index contributed by atoms with van der Waals surface area (Å²) in [5, 5.41) is 12.3. The Balaban J connectivity index is 0.000000432. The number of likely N-dealkylation sites (N-methyl/N-ethyl adjacent to an activating group) is 1. The van der Waals surface area contributed by atoms with Crippen molar-refractivity contribution in [2.24, 2.45) is 16.8 Å². The minimum absolute atomic E-state index is 0.0239. The van der Waals surface area contributed by atoms with E-state index >= 15 is 4.39 Å². The minimum Gasteiger partial charge on any atom is -0.491 e. The number of hydrogen-bond acceptors (Lipinski definition) is 6. The van der Waals surface area contributed by atoms with Gasteiger partial charge >= 0.3 is 12.1 Å². The van der Waals surface area contributed by atoms with Crippen LogP contribution in [0.2, 0.25) is 0 Å². The number of amides is 1. The largest absolute Gasteiger partial charge is 0.491 e. The summed E-state index contributed by atoms with van der Waals surface area (Å²) in [7, 11) is 5.38.